The summed E-state index contributed by atoms with van der Waals surface area (Å²) in [4.78, 5) is 8.22. The lowest BCUT2D eigenvalue weighted by Crippen LogP contribution is -2.14. The Hall–Kier alpha value is -2.19. The summed E-state index contributed by atoms with van der Waals surface area (Å²) in [7, 11) is -2.07. The topological polar surface area (TPSA) is 84.0 Å². The maximum Gasteiger partial charge on any atom is 0.267 e. The fourth-order valence-electron chi connectivity index (χ4n) is 1.89. The molecule has 0 aliphatic heterocycles. The molecule has 0 aliphatic rings. The molecule has 2 heterocycles. The number of aromatic nitrogens is 2. The SMILES string of the molecule is CNc1ccncc1S(=O)(=O)Nc1nc2ccccc2s1. The molecule has 0 saturated carbocycles. The van der Waals surface area contributed by atoms with Crippen molar-refractivity contribution in [3.8, 4) is 0 Å². The van der Waals surface area contributed by atoms with Crippen molar-refractivity contribution in [2.75, 3.05) is 17.1 Å². The third kappa shape index (κ3) is 2.67. The molecular formula is C13H12N4O2S2. The van der Waals surface area contributed by atoms with Crippen molar-refractivity contribution in [2.24, 2.45) is 0 Å². The smallest absolute Gasteiger partial charge is 0.267 e. The van der Waals surface area contributed by atoms with Gasteiger partial charge in [-0.3, -0.25) is 9.71 Å². The summed E-state index contributed by atoms with van der Waals surface area (Å²) in [5, 5.41) is 3.17. The first kappa shape index (κ1) is 13.8. The summed E-state index contributed by atoms with van der Waals surface area (Å²) >= 11 is 1.29. The van der Waals surface area contributed by atoms with Crippen LogP contribution in [0.3, 0.4) is 0 Å². The number of sulfonamides is 1. The van der Waals surface area contributed by atoms with Crippen molar-refractivity contribution in [1.82, 2.24) is 9.97 Å². The zero-order valence-corrected chi connectivity index (χ0v) is 12.7. The second kappa shape index (κ2) is 5.30. The second-order valence-corrected chi connectivity index (χ2v) is 6.90. The zero-order valence-electron chi connectivity index (χ0n) is 11.1. The van der Waals surface area contributed by atoms with E-state index in [9.17, 15) is 8.42 Å². The molecule has 3 aromatic rings. The molecule has 1 aromatic carbocycles. The number of nitrogens with one attached hydrogen (secondary N) is 2. The molecule has 0 aliphatic carbocycles. The number of pyridine rings is 1. The molecule has 2 aromatic heterocycles. The van der Waals surface area contributed by atoms with E-state index >= 15 is 0 Å². The summed E-state index contributed by atoms with van der Waals surface area (Å²) in [5.74, 6) is 0. The van der Waals surface area contributed by atoms with Gasteiger partial charge in [0.25, 0.3) is 10.0 Å². The molecule has 0 fully saturated rings. The van der Waals surface area contributed by atoms with E-state index in [0.717, 1.165) is 10.2 Å². The van der Waals surface area contributed by atoms with Gasteiger partial charge in [-0.1, -0.05) is 23.5 Å². The van der Waals surface area contributed by atoms with Gasteiger partial charge >= 0.3 is 0 Å². The van der Waals surface area contributed by atoms with E-state index in [2.05, 4.69) is 20.0 Å². The Morgan fingerprint density at radius 2 is 2.00 bits per heavy atom. The fraction of sp³-hybridized carbons (Fsp3) is 0.0769. The van der Waals surface area contributed by atoms with Crippen LogP contribution in [0.25, 0.3) is 10.2 Å². The maximum absolute atomic E-state index is 12.4. The van der Waals surface area contributed by atoms with Crippen LogP contribution in [-0.4, -0.2) is 25.4 Å². The highest BCUT2D eigenvalue weighted by molar-refractivity contribution is 7.93. The Morgan fingerprint density at radius 1 is 1.19 bits per heavy atom. The van der Waals surface area contributed by atoms with Gasteiger partial charge in [0.05, 0.1) is 15.9 Å². The number of hydrogen-bond donors (Lipinski definition) is 2. The molecule has 3 rings (SSSR count). The summed E-state index contributed by atoms with van der Waals surface area (Å²) in [6, 6.07) is 9.09. The van der Waals surface area contributed by atoms with Gasteiger partial charge in [-0.05, 0) is 18.2 Å². The van der Waals surface area contributed by atoms with Gasteiger partial charge in [-0.2, -0.15) is 0 Å². The highest BCUT2D eigenvalue weighted by Gasteiger charge is 2.20. The highest BCUT2D eigenvalue weighted by Crippen LogP contribution is 2.28. The number of nitrogens with zero attached hydrogens (tertiary/aromatic N) is 2. The minimum absolute atomic E-state index is 0.0896. The number of anilines is 2. The number of rotatable bonds is 4. The molecule has 0 amide bonds. The van der Waals surface area contributed by atoms with Gasteiger partial charge in [0, 0.05) is 19.4 Å². The van der Waals surface area contributed by atoms with Crippen LogP contribution in [0, 0.1) is 0 Å². The van der Waals surface area contributed by atoms with Crippen molar-refractivity contribution < 1.29 is 8.42 Å². The lowest BCUT2D eigenvalue weighted by molar-refractivity contribution is 0.601. The van der Waals surface area contributed by atoms with Crippen LogP contribution < -0.4 is 10.0 Å². The van der Waals surface area contributed by atoms with E-state index in [1.54, 1.807) is 13.1 Å². The molecule has 108 valence electrons. The Morgan fingerprint density at radius 3 is 2.76 bits per heavy atom. The lowest BCUT2D eigenvalue weighted by Gasteiger charge is -2.09. The van der Waals surface area contributed by atoms with Gasteiger partial charge in [-0.25, -0.2) is 13.4 Å². The first-order chi connectivity index (χ1) is 10.1. The monoisotopic (exact) mass is 320 g/mol. The summed E-state index contributed by atoms with van der Waals surface area (Å²) in [5.41, 5.74) is 1.25. The average molecular weight is 320 g/mol. The standard InChI is InChI=1S/C13H12N4O2S2/c1-14-10-6-7-15-8-12(10)21(18,19)17-13-16-9-4-2-3-5-11(9)20-13/h2-8H,1H3,(H,14,15)(H,16,17). The minimum Gasteiger partial charge on any atom is -0.387 e. The van der Waals surface area contributed by atoms with Crippen molar-refractivity contribution in [2.45, 2.75) is 4.90 Å². The Balaban J connectivity index is 1.99. The van der Waals surface area contributed by atoms with Crippen molar-refractivity contribution in [3.05, 3.63) is 42.7 Å². The van der Waals surface area contributed by atoms with Crippen LogP contribution in [0.4, 0.5) is 10.8 Å². The average Bonchev–Trinajstić information content (AvgIpc) is 2.88. The molecule has 0 atom stereocenters. The van der Waals surface area contributed by atoms with Gasteiger partial charge in [-0.15, -0.1) is 0 Å². The van der Waals surface area contributed by atoms with Gasteiger partial charge in [0.2, 0.25) is 0 Å². The molecule has 6 nitrogen and oxygen atoms in total. The summed E-state index contributed by atoms with van der Waals surface area (Å²) < 4.78 is 28.3. The van der Waals surface area contributed by atoms with E-state index in [4.69, 9.17) is 0 Å². The number of benzene rings is 1. The van der Waals surface area contributed by atoms with Crippen molar-refractivity contribution in [1.29, 1.82) is 0 Å². The first-order valence-electron chi connectivity index (χ1n) is 6.10. The number of hydrogen-bond acceptors (Lipinski definition) is 6. The van der Waals surface area contributed by atoms with Gasteiger partial charge in [0.1, 0.15) is 4.90 Å². The number of thiazole rings is 1. The Kier molecular flexibility index (Phi) is 3.48. The molecule has 2 N–H and O–H groups in total. The molecule has 21 heavy (non-hydrogen) atoms. The lowest BCUT2D eigenvalue weighted by atomic mass is 10.3. The predicted octanol–water partition coefficient (Wildman–Crippen LogP) is 2.53. The van der Waals surface area contributed by atoms with Gasteiger partial charge < -0.3 is 5.32 Å². The number of para-hydroxylation sites is 1. The third-order valence-corrected chi connectivity index (χ3v) is 5.31. The van der Waals surface area contributed by atoms with Crippen LogP contribution >= 0.6 is 11.3 Å². The predicted molar refractivity (Wildman–Crippen MR) is 84.2 cm³/mol. The van der Waals surface area contributed by atoms with Crippen molar-refractivity contribution >= 4 is 42.4 Å². The van der Waals surface area contributed by atoms with Crippen molar-refractivity contribution in [3.63, 3.8) is 0 Å². The van der Waals surface area contributed by atoms with Crippen LogP contribution in [0.1, 0.15) is 0 Å². The van der Waals surface area contributed by atoms with E-state index < -0.39 is 10.0 Å². The molecule has 0 radical (unpaired) electrons. The summed E-state index contributed by atoms with van der Waals surface area (Å²) in [6.07, 6.45) is 2.84. The quantitative estimate of drug-likeness (QED) is 0.772. The fourth-order valence-corrected chi connectivity index (χ4v) is 4.14. The molecule has 0 unspecified atom stereocenters. The highest BCUT2D eigenvalue weighted by atomic mass is 32.2. The normalized spacial score (nSPS) is 11.5. The summed E-state index contributed by atoms with van der Waals surface area (Å²) in [6.45, 7) is 0. The van der Waals surface area contributed by atoms with Gasteiger partial charge in [0.15, 0.2) is 5.13 Å². The molecular weight excluding hydrogens is 308 g/mol. The van der Waals surface area contributed by atoms with E-state index in [-0.39, 0.29) is 4.90 Å². The molecule has 0 saturated heterocycles. The van der Waals surface area contributed by atoms with Crippen LogP contribution in [-0.2, 0) is 10.0 Å². The minimum atomic E-state index is -3.73. The molecule has 0 spiro atoms. The first-order valence-corrected chi connectivity index (χ1v) is 8.40. The van der Waals surface area contributed by atoms with Crippen LogP contribution in [0.5, 0.6) is 0 Å². The van der Waals surface area contributed by atoms with Crippen LogP contribution in [0.2, 0.25) is 0 Å². The van der Waals surface area contributed by atoms with E-state index in [1.807, 2.05) is 24.3 Å². The second-order valence-electron chi connectivity index (χ2n) is 4.21. The zero-order chi connectivity index (χ0) is 14.9. The Bertz CT molecular complexity index is 857. The largest absolute Gasteiger partial charge is 0.387 e. The van der Waals surface area contributed by atoms with E-state index in [0.29, 0.717) is 10.8 Å². The molecule has 8 heteroatoms. The van der Waals surface area contributed by atoms with Crippen LogP contribution in [0.15, 0.2) is 47.6 Å². The molecule has 0 bridgehead atoms. The third-order valence-electron chi connectivity index (χ3n) is 2.86. The van der Waals surface area contributed by atoms with E-state index in [1.165, 1.54) is 23.7 Å². The maximum atomic E-state index is 12.4. The Labute approximate surface area is 125 Å². The number of fused-ring (bicyclic) bond motifs is 1.